The van der Waals surface area contributed by atoms with Crippen molar-refractivity contribution in [2.75, 3.05) is 32.8 Å². The van der Waals surface area contributed by atoms with Gasteiger partial charge in [0.1, 0.15) is 11.5 Å². The van der Waals surface area contributed by atoms with Crippen LogP contribution in [0.4, 0.5) is 0 Å². The first kappa shape index (κ1) is 12.9. The fraction of sp³-hybridized carbons (Fsp3) is 0.583. The second-order valence-corrected chi connectivity index (χ2v) is 4.38. The molecule has 0 aliphatic carbocycles. The van der Waals surface area contributed by atoms with Crippen LogP contribution in [0.25, 0.3) is 0 Å². The highest BCUT2D eigenvalue weighted by atomic mass is 16.5. The van der Waals surface area contributed by atoms with Gasteiger partial charge in [0, 0.05) is 13.1 Å². The number of rotatable bonds is 4. The van der Waals surface area contributed by atoms with Crippen molar-refractivity contribution < 1.29 is 9.15 Å². The Balaban J connectivity index is 2.13. The van der Waals surface area contributed by atoms with Crippen LogP contribution in [-0.4, -0.2) is 43.7 Å². The van der Waals surface area contributed by atoms with Gasteiger partial charge in [-0.1, -0.05) is 0 Å². The molecular formula is C12H20N4O2. The zero-order chi connectivity index (χ0) is 13.0. The summed E-state index contributed by atoms with van der Waals surface area (Å²) < 4.78 is 11.1. The molecule has 100 valence electrons. The molecule has 1 aliphatic rings. The van der Waals surface area contributed by atoms with Crippen molar-refractivity contribution in [1.82, 2.24) is 4.90 Å². The molecule has 1 unspecified atom stereocenters. The van der Waals surface area contributed by atoms with Gasteiger partial charge in [-0.3, -0.25) is 9.89 Å². The monoisotopic (exact) mass is 252 g/mol. The fourth-order valence-corrected chi connectivity index (χ4v) is 2.10. The fourth-order valence-electron chi connectivity index (χ4n) is 2.10. The van der Waals surface area contributed by atoms with Crippen molar-refractivity contribution in [2.45, 2.75) is 13.0 Å². The number of aliphatic imine (C=N–C) groups is 1. The Morgan fingerprint density at radius 1 is 1.39 bits per heavy atom. The molecule has 2 heterocycles. The first-order valence-corrected chi connectivity index (χ1v) is 6.10. The average molecular weight is 252 g/mol. The van der Waals surface area contributed by atoms with E-state index in [9.17, 15) is 0 Å². The molecule has 6 nitrogen and oxygen atoms in total. The van der Waals surface area contributed by atoms with E-state index < -0.39 is 0 Å². The lowest BCUT2D eigenvalue weighted by molar-refractivity contribution is 0.0135. The summed E-state index contributed by atoms with van der Waals surface area (Å²) in [6.45, 7) is 5.64. The standard InChI is InChI=1S/C12H20N4O2/c1-9-2-3-11(18-9)10(8-15-12(13)14)16-4-6-17-7-5-16/h2-3,10H,4-8H2,1H3,(H4,13,14,15). The Morgan fingerprint density at radius 3 is 2.67 bits per heavy atom. The zero-order valence-corrected chi connectivity index (χ0v) is 10.6. The summed E-state index contributed by atoms with van der Waals surface area (Å²) in [5.74, 6) is 1.91. The Morgan fingerprint density at radius 2 is 2.11 bits per heavy atom. The predicted molar refractivity (Wildman–Crippen MR) is 69.3 cm³/mol. The number of furan rings is 1. The Bertz CT molecular complexity index is 406. The number of nitrogens with zero attached hydrogens (tertiary/aromatic N) is 2. The maximum absolute atomic E-state index is 5.70. The lowest BCUT2D eigenvalue weighted by atomic mass is 10.2. The van der Waals surface area contributed by atoms with Gasteiger partial charge < -0.3 is 20.6 Å². The highest BCUT2D eigenvalue weighted by molar-refractivity contribution is 5.75. The molecule has 1 aromatic heterocycles. The molecule has 0 spiro atoms. The summed E-state index contributed by atoms with van der Waals surface area (Å²) in [6, 6.07) is 4.01. The topological polar surface area (TPSA) is 90.0 Å². The Kier molecular flexibility index (Phi) is 4.22. The predicted octanol–water partition coefficient (Wildman–Crippen LogP) is 0.235. The molecule has 0 aromatic carbocycles. The van der Waals surface area contributed by atoms with Gasteiger partial charge in [-0.05, 0) is 19.1 Å². The minimum atomic E-state index is 0.0738. The molecule has 1 saturated heterocycles. The molecule has 2 rings (SSSR count). The number of nitrogens with two attached hydrogens (primary N) is 2. The zero-order valence-electron chi connectivity index (χ0n) is 10.6. The van der Waals surface area contributed by atoms with Crippen molar-refractivity contribution in [3.63, 3.8) is 0 Å². The molecular weight excluding hydrogens is 232 g/mol. The number of guanidine groups is 1. The minimum absolute atomic E-state index is 0.0738. The number of ether oxygens (including phenoxy) is 1. The largest absolute Gasteiger partial charge is 0.465 e. The van der Waals surface area contributed by atoms with Crippen LogP contribution in [0, 0.1) is 6.92 Å². The van der Waals surface area contributed by atoms with Crippen molar-refractivity contribution in [1.29, 1.82) is 0 Å². The van der Waals surface area contributed by atoms with E-state index in [0.29, 0.717) is 6.54 Å². The van der Waals surface area contributed by atoms with Crippen LogP contribution in [0.15, 0.2) is 21.5 Å². The second-order valence-electron chi connectivity index (χ2n) is 4.38. The summed E-state index contributed by atoms with van der Waals surface area (Å²) in [7, 11) is 0. The number of hydrogen-bond acceptors (Lipinski definition) is 4. The van der Waals surface area contributed by atoms with E-state index in [1.54, 1.807) is 0 Å². The van der Waals surface area contributed by atoms with Gasteiger partial charge in [0.05, 0.1) is 25.8 Å². The van der Waals surface area contributed by atoms with Crippen LogP contribution in [0.1, 0.15) is 17.6 Å². The second kappa shape index (κ2) is 5.88. The number of aryl methyl sites for hydroxylation is 1. The third-order valence-electron chi connectivity index (χ3n) is 3.02. The summed E-state index contributed by atoms with van der Waals surface area (Å²) in [5.41, 5.74) is 10.8. The molecule has 1 atom stereocenters. The van der Waals surface area contributed by atoms with E-state index in [-0.39, 0.29) is 12.0 Å². The van der Waals surface area contributed by atoms with E-state index in [1.807, 2.05) is 19.1 Å². The van der Waals surface area contributed by atoms with Gasteiger partial charge in [0.15, 0.2) is 5.96 Å². The van der Waals surface area contributed by atoms with Crippen molar-refractivity contribution in [3.05, 3.63) is 23.7 Å². The molecule has 0 saturated carbocycles. The van der Waals surface area contributed by atoms with Gasteiger partial charge in [-0.15, -0.1) is 0 Å². The summed E-state index contributed by atoms with van der Waals surface area (Å²) >= 11 is 0. The highest BCUT2D eigenvalue weighted by Gasteiger charge is 2.24. The molecule has 0 bridgehead atoms. The van der Waals surface area contributed by atoms with Crippen molar-refractivity contribution in [3.8, 4) is 0 Å². The van der Waals surface area contributed by atoms with Crippen LogP contribution in [0.3, 0.4) is 0 Å². The molecule has 1 fully saturated rings. The first-order valence-electron chi connectivity index (χ1n) is 6.10. The molecule has 1 aliphatic heterocycles. The van der Waals surface area contributed by atoms with Crippen LogP contribution in [0.5, 0.6) is 0 Å². The SMILES string of the molecule is Cc1ccc(C(CN=C(N)N)N2CCOCC2)o1. The smallest absolute Gasteiger partial charge is 0.185 e. The van der Waals surface area contributed by atoms with Crippen LogP contribution in [0.2, 0.25) is 0 Å². The number of hydrogen-bond donors (Lipinski definition) is 2. The van der Waals surface area contributed by atoms with Gasteiger partial charge in [0.25, 0.3) is 0 Å². The normalized spacial score (nSPS) is 18.5. The third-order valence-corrected chi connectivity index (χ3v) is 3.02. The molecule has 6 heteroatoms. The van der Waals surface area contributed by atoms with E-state index in [2.05, 4.69) is 9.89 Å². The van der Waals surface area contributed by atoms with E-state index in [0.717, 1.165) is 37.8 Å². The van der Waals surface area contributed by atoms with Crippen LogP contribution in [-0.2, 0) is 4.74 Å². The van der Waals surface area contributed by atoms with Crippen molar-refractivity contribution in [2.24, 2.45) is 16.5 Å². The van der Waals surface area contributed by atoms with Crippen LogP contribution >= 0.6 is 0 Å². The lowest BCUT2D eigenvalue weighted by Gasteiger charge is -2.32. The summed E-state index contributed by atoms with van der Waals surface area (Å²) in [6.07, 6.45) is 0. The number of morpholine rings is 1. The van der Waals surface area contributed by atoms with E-state index in [4.69, 9.17) is 20.6 Å². The van der Waals surface area contributed by atoms with E-state index >= 15 is 0 Å². The van der Waals surface area contributed by atoms with Crippen molar-refractivity contribution >= 4 is 5.96 Å². The summed E-state index contributed by atoms with van der Waals surface area (Å²) in [5, 5.41) is 0. The summed E-state index contributed by atoms with van der Waals surface area (Å²) in [4.78, 5) is 6.40. The first-order chi connectivity index (χ1) is 8.66. The third kappa shape index (κ3) is 3.24. The molecule has 0 amide bonds. The lowest BCUT2D eigenvalue weighted by Crippen LogP contribution is -2.40. The molecule has 18 heavy (non-hydrogen) atoms. The molecule has 4 N–H and O–H groups in total. The Hall–Kier alpha value is -1.53. The maximum atomic E-state index is 5.70. The maximum Gasteiger partial charge on any atom is 0.185 e. The highest BCUT2D eigenvalue weighted by Crippen LogP contribution is 2.24. The van der Waals surface area contributed by atoms with Crippen LogP contribution < -0.4 is 11.5 Å². The van der Waals surface area contributed by atoms with Gasteiger partial charge in [0.2, 0.25) is 0 Å². The minimum Gasteiger partial charge on any atom is -0.465 e. The Labute approximate surface area is 107 Å². The quantitative estimate of drug-likeness (QED) is 0.591. The van der Waals surface area contributed by atoms with E-state index in [1.165, 1.54) is 0 Å². The van der Waals surface area contributed by atoms with Gasteiger partial charge >= 0.3 is 0 Å². The molecule has 1 aromatic rings. The molecule has 0 radical (unpaired) electrons. The van der Waals surface area contributed by atoms with Gasteiger partial charge in [-0.2, -0.15) is 0 Å². The van der Waals surface area contributed by atoms with Gasteiger partial charge in [-0.25, -0.2) is 0 Å². The average Bonchev–Trinajstić information content (AvgIpc) is 2.77.